The van der Waals surface area contributed by atoms with E-state index in [0.29, 0.717) is 0 Å². The highest BCUT2D eigenvalue weighted by atomic mass is 35.5. The SMILES string of the molecule is COCCNCC(C)(C)CCc1cc(Cl)cc2c1OCC2. The van der Waals surface area contributed by atoms with Crippen molar-refractivity contribution in [3.05, 3.63) is 28.3 Å². The number of hydrogen-bond donors (Lipinski definition) is 1. The fraction of sp³-hybridized carbons (Fsp3) is 0.647. The standard InChI is InChI=1S/C17H26ClNO2/c1-17(2,12-19-7-9-20-3)6-4-13-10-15(18)11-14-5-8-21-16(13)14/h10-11,19H,4-9,12H2,1-3H3. The van der Waals surface area contributed by atoms with Crippen molar-refractivity contribution in [3.8, 4) is 5.75 Å². The van der Waals surface area contributed by atoms with Crippen molar-refractivity contribution in [2.75, 3.05) is 33.4 Å². The van der Waals surface area contributed by atoms with Gasteiger partial charge in [0.2, 0.25) is 0 Å². The molecule has 21 heavy (non-hydrogen) atoms. The highest BCUT2D eigenvalue weighted by Crippen LogP contribution is 2.35. The molecule has 0 aromatic heterocycles. The molecule has 0 amide bonds. The van der Waals surface area contributed by atoms with Crippen molar-refractivity contribution in [2.45, 2.75) is 33.1 Å². The van der Waals surface area contributed by atoms with E-state index in [2.05, 4.69) is 25.2 Å². The molecule has 0 saturated heterocycles. The van der Waals surface area contributed by atoms with E-state index in [1.807, 2.05) is 6.07 Å². The third kappa shape index (κ3) is 4.87. The van der Waals surface area contributed by atoms with E-state index in [-0.39, 0.29) is 5.41 Å². The summed E-state index contributed by atoms with van der Waals surface area (Å²) in [6.45, 7) is 8.00. The van der Waals surface area contributed by atoms with E-state index in [1.165, 1.54) is 11.1 Å². The van der Waals surface area contributed by atoms with Crippen LogP contribution in [0.4, 0.5) is 0 Å². The van der Waals surface area contributed by atoms with Gasteiger partial charge < -0.3 is 14.8 Å². The molecule has 1 aromatic carbocycles. The van der Waals surface area contributed by atoms with Gasteiger partial charge in [0.15, 0.2) is 0 Å². The first-order valence-electron chi connectivity index (χ1n) is 7.65. The molecule has 0 saturated carbocycles. The maximum Gasteiger partial charge on any atom is 0.125 e. The molecule has 3 nitrogen and oxygen atoms in total. The highest BCUT2D eigenvalue weighted by Gasteiger charge is 2.21. The molecule has 1 N–H and O–H groups in total. The molecular weight excluding hydrogens is 286 g/mol. The molecule has 118 valence electrons. The predicted molar refractivity (Wildman–Crippen MR) is 87.5 cm³/mol. The Kier molecular flexibility index (Phi) is 5.91. The molecule has 4 heteroatoms. The summed E-state index contributed by atoms with van der Waals surface area (Å²) in [5.74, 6) is 1.07. The van der Waals surface area contributed by atoms with Crippen LogP contribution in [0, 0.1) is 5.41 Å². The number of halogens is 1. The fourth-order valence-electron chi connectivity index (χ4n) is 2.69. The van der Waals surface area contributed by atoms with Gasteiger partial charge in [0.05, 0.1) is 13.2 Å². The lowest BCUT2D eigenvalue weighted by molar-refractivity contribution is 0.193. The van der Waals surface area contributed by atoms with Gasteiger partial charge in [-0.3, -0.25) is 0 Å². The van der Waals surface area contributed by atoms with Crippen LogP contribution in [-0.2, 0) is 17.6 Å². The van der Waals surface area contributed by atoms with Gasteiger partial charge in [-0.25, -0.2) is 0 Å². The van der Waals surface area contributed by atoms with E-state index in [9.17, 15) is 0 Å². The lowest BCUT2D eigenvalue weighted by Crippen LogP contribution is -2.32. The molecule has 0 spiro atoms. The third-order valence-corrected chi connectivity index (χ3v) is 4.20. The molecule has 0 radical (unpaired) electrons. The highest BCUT2D eigenvalue weighted by molar-refractivity contribution is 6.30. The number of ether oxygens (including phenoxy) is 2. The summed E-state index contributed by atoms with van der Waals surface area (Å²) < 4.78 is 10.8. The maximum atomic E-state index is 6.22. The second kappa shape index (κ2) is 7.48. The third-order valence-electron chi connectivity index (χ3n) is 3.98. The van der Waals surface area contributed by atoms with Crippen LogP contribution in [0.2, 0.25) is 5.02 Å². The Balaban J connectivity index is 1.90. The van der Waals surface area contributed by atoms with Gasteiger partial charge in [-0.2, -0.15) is 0 Å². The molecule has 0 atom stereocenters. The zero-order valence-electron chi connectivity index (χ0n) is 13.3. The van der Waals surface area contributed by atoms with Crippen LogP contribution in [-0.4, -0.2) is 33.4 Å². The van der Waals surface area contributed by atoms with E-state index in [0.717, 1.165) is 56.3 Å². The summed E-state index contributed by atoms with van der Waals surface area (Å²) in [6, 6.07) is 4.09. The van der Waals surface area contributed by atoms with Gasteiger partial charge in [-0.05, 0) is 41.5 Å². The average Bonchev–Trinajstić information content (AvgIpc) is 2.89. The molecule has 2 rings (SSSR count). The van der Waals surface area contributed by atoms with E-state index in [1.54, 1.807) is 7.11 Å². The number of rotatable bonds is 8. The largest absolute Gasteiger partial charge is 0.493 e. The first-order chi connectivity index (χ1) is 10.0. The number of benzene rings is 1. The van der Waals surface area contributed by atoms with E-state index in [4.69, 9.17) is 21.1 Å². The second-order valence-electron chi connectivity index (χ2n) is 6.49. The lowest BCUT2D eigenvalue weighted by atomic mass is 9.85. The first-order valence-corrected chi connectivity index (χ1v) is 8.03. The molecular formula is C17H26ClNO2. The van der Waals surface area contributed by atoms with Crippen molar-refractivity contribution in [2.24, 2.45) is 5.41 Å². The quantitative estimate of drug-likeness (QED) is 0.746. The van der Waals surface area contributed by atoms with Gasteiger partial charge in [-0.15, -0.1) is 0 Å². The summed E-state index contributed by atoms with van der Waals surface area (Å²) in [5.41, 5.74) is 2.75. The minimum atomic E-state index is 0.238. The van der Waals surface area contributed by atoms with Crippen molar-refractivity contribution < 1.29 is 9.47 Å². The number of nitrogens with one attached hydrogen (secondary N) is 1. The van der Waals surface area contributed by atoms with Crippen LogP contribution in [0.1, 0.15) is 31.4 Å². The molecule has 1 heterocycles. The molecule has 0 bridgehead atoms. The van der Waals surface area contributed by atoms with Gasteiger partial charge >= 0.3 is 0 Å². The average molecular weight is 312 g/mol. The summed E-state index contributed by atoms with van der Waals surface area (Å²) in [4.78, 5) is 0. The Morgan fingerprint density at radius 1 is 1.38 bits per heavy atom. The normalized spacial score (nSPS) is 14.1. The number of methoxy groups -OCH3 is 1. The molecule has 1 aromatic rings. The molecule has 1 aliphatic rings. The summed E-state index contributed by atoms with van der Waals surface area (Å²) >= 11 is 6.22. The van der Waals surface area contributed by atoms with E-state index >= 15 is 0 Å². The number of fused-ring (bicyclic) bond motifs is 1. The number of hydrogen-bond acceptors (Lipinski definition) is 3. The Morgan fingerprint density at radius 3 is 2.95 bits per heavy atom. The van der Waals surface area contributed by atoms with Crippen molar-refractivity contribution >= 4 is 11.6 Å². The maximum absolute atomic E-state index is 6.22. The molecule has 0 fully saturated rings. The fourth-order valence-corrected chi connectivity index (χ4v) is 2.96. The second-order valence-corrected chi connectivity index (χ2v) is 6.92. The summed E-state index contributed by atoms with van der Waals surface area (Å²) in [5, 5.41) is 4.27. The van der Waals surface area contributed by atoms with Gasteiger partial charge in [-0.1, -0.05) is 25.4 Å². The van der Waals surface area contributed by atoms with Crippen LogP contribution >= 0.6 is 11.6 Å². The zero-order valence-corrected chi connectivity index (χ0v) is 14.1. The molecule has 0 aliphatic carbocycles. The van der Waals surface area contributed by atoms with Crippen LogP contribution < -0.4 is 10.1 Å². The lowest BCUT2D eigenvalue weighted by Gasteiger charge is -2.25. The van der Waals surface area contributed by atoms with Crippen molar-refractivity contribution in [1.29, 1.82) is 0 Å². The van der Waals surface area contributed by atoms with Gasteiger partial charge in [0.25, 0.3) is 0 Å². The smallest absolute Gasteiger partial charge is 0.125 e. The van der Waals surface area contributed by atoms with Gasteiger partial charge in [0.1, 0.15) is 5.75 Å². The summed E-state index contributed by atoms with van der Waals surface area (Å²) in [6.07, 6.45) is 3.08. The van der Waals surface area contributed by atoms with Crippen LogP contribution in [0.5, 0.6) is 5.75 Å². The van der Waals surface area contributed by atoms with Crippen LogP contribution in [0.15, 0.2) is 12.1 Å². The van der Waals surface area contributed by atoms with Crippen molar-refractivity contribution in [3.63, 3.8) is 0 Å². The monoisotopic (exact) mass is 311 g/mol. The Bertz CT molecular complexity index is 474. The number of aryl methyl sites for hydroxylation is 1. The zero-order chi connectivity index (χ0) is 15.3. The predicted octanol–water partition coefficient (Wildman–Crippen LogP) is 3.47. The molecule has 1 aliphatic heterocycles. The minimum absolute atomic E-state index is 0.238. The van der Waals surface area contributed by atoms with Crippen molar-refractivity contribution in [1.82, 2.24) is 5.32 Å². The minimum Gasteiger partial charge on any atom is -0.493 e. The topological polar surface area (TPSA) is 30.5 Å². The Hall–Kier alpha value is -0.770. The van der Waals surface area contributed by atoms with Crippen LogP contribution in [0.25, 0.3) is 0 Å². The van der Waals surface area contributed by atoms with E-state index < -0.39 is 0 Å². The Morgan fingerprint density at radius 2 is 2.19 bits per heavy atom. The molecule has 0 unspecified atom stereocenters. The van der Waals surface area contributed by atoms with Crippen LogP contribution in [0.3, 0.4) is 0 Å². The Labute approximate surface area is 133 Å². The first kappa shape index (κ1) is 16.6. The summed E-state index contributed by atoms with van der Waals surface area (Å²) in [7, 11) is 1.73. The van der Waals surface area contributed by atoms with Gasteiger partial charge in [0, 0.05) is 31.6 Å².